The van der Waals surface area contributed by atoms with Crippen LogP contribution < -0.4 is 29.3 Å². The SMILES string of the molecule is CCc1cc(Nc2ncc(OC)c(Nc3ccc4nccnc4c3N(C)SC)n2)c(OC)nc1N1CCC(N2CCN(C)CC2)CC1. The van der Waals surface area contributed by atoms with Gasteiger partial charge in [-0.25, -0.2) is 4.98 Å². The maximum Gasteiger partial charge on any atom is 0.239 e. The van der Waals surface area contributed by atoms with E-state index in [1.165, 1.54) is 0 Å². The zero-order valence-corrected chi connectivity index (χ0v) is 29.0. The highest BCUT2D eigenvalue weighted by molar-refractivity contribution is 7.99. The number of piperidine rings is 1. The van der Waals surface area contributed by atoms with Gasteiger partial charge in [0.05, 0.1) is 37.3 Å². The second-order valence-corrected chi connectivity index (χ2v) is 12.8. The number of ether oxygens (including phenoxy) is 2. The molecule has 0 spiro atoms. The summed E-state index contributed by atoms with van der Waals surface area (Å²) in [6.45, 7) is 8.75. The highest BCUT2D eigenvalue weighted by Crippen LogP contribution is 2.39. The zero-order valence-electron chi connectivity index (χ0n) is 28.2. The average molecular weight is 660 g/mol. The number of aromatic nitrogens is 5. The van der Waals surface area contributed by atoms with Crippen molar-refractivity contribution in [3.63, 3.8) is 0 Å². The predicted octanol–water partition coefficient (Wildman–Crippen LogP) is 4.81. The fourth-order valence-corrected chi connectivity index (χ4v) is 6.76. The van der Waals surface area contributed by atoms with Crippen molar-refractivity contribution in [2.24, 2.45) is 0 Å². The van der Waals surface area contributed by atoms with Crippen LogP contribution in [-0.2, 0) is 6.42 Å². The standard InChI is InChI=1S/C33H45N11O2S/c1-7-22-20-26(32(46-5)40-31(22)44-14-10-23(11-15-44)43-18-16-41(2)17-19-43)38-33-36-21-27(45-4)30(39-33)37-25-9-8-24-28(35-13-12-34-24)29(25)42(3)47-6/h8-9,12-13,20-21,23H,7,10-11,14-19H2,1-6H3,(H2,36,37,38,39). The summed E-state index contributed by atoms with van der Waals surface area (Å²) in [5, 5.41) is 6.83. The third kappa shape index (κ3) is 7.09. The second-order valence-electron chi connectivity index (χ2n) is 11.9. The average Bonchev–Trinajstić information content (AvgIpc) is 3.11. The lowest BCUT2D eigenvalue weighted by atomic mass is 10.0. The first-order valence-corrected chi connectivity index (χ1v) is 17.3. The van der Waals surface area contributed by atoms with Crippen LogP contribution in [0, 0.1) is 0 Å². The minimum Gasteiger partial charge on any atom is -0.491 e. The van der Waals surface area contributed by atoms with Crippen LogP contribution in [-0.4, -0.2) is 115 Å². The van der Waals surface area contributed by atoms with E-state index in [1.54, 1.807) is 44.8 Å². The lowest BCUT2D eigenvalue weighted by molar-refractivity contribution is 0.0981. The fraction of sp³-hybridized carbons (Fsp3) is 0.485. The fourth-order valence-electron chi connectivity index (χ4n) is 6.39. The molecule has 0 amide bonds. The largest absolute Gasteiger partial charge is 0.491 e. The van der Waals surface area contributed by atoms with Gasteiger partial charge < -0.3 is 34.2 Å². The van der Waals surface area contributed by atoms with Crippen molar-refractivity contribution < 1.29 is 9.47 Å². The van der Waals surface area contributed by atoms with Gasteiger partial charge in [0.2, 0.25) is 11.8 Å². The predicted molar refractivity (Wildman–Crippen MR) is 191 cm³/mol. The van der Waals surface area contributed by atoms with Crippen molar-refractivity contribution in [2.75, 3.05) is 93.7 Å². The third-order valence-corrected chi connectivity index (χ3v) is 9.84. The second kappa shape index (κ2) is 14.7. The van der Waals surface area contributed by atoms with Crippen LogP contribution in [0.15, 0.2) is 36.8 Å². The molecule has 250 valence electrons. The van der Waals surface area contributed by atoms with E-state index in [4.69, 9.17) is 19.4 Å². The third-order valence-electron chi connectivity index (χ3n) is 9.11. The van der Waals surface area contributed by atoms with E-state index in [2.05, 4.69) is 60.3 Å². The Morgan fingerprint density at radius 1 is 0.936 bits per heavy atom. The van der Waals surface area contributed by atoms with Crippen LogP contribution in [0.1, 0.15) is 25.3 Å². The topological polar surface area (TPSA) is 120 Å². The molecule has 0 aliphatic carbocycles. The number of fused-ring (bicyclic) bond motifs is 1. The van der Waals surface area contributed by atoms with Crippen molar-refractivity contribution in [3.8, 4) is 11.6 Å². The van der Waals surface area contributed by atoms with Gasteiger partial charge in [-0.3, -0.25) is 14.9 Å². The number of aryl methyl sites for hydroxylation is 1. The first-order valence-electron chi connectivity index (χ1n) is 16.1. The number of piperazine rings is 1. The normalized spacial score (nSPS) is 16.3. The molecule has 0 radical (unpaired) electrons. The summed E-state index contributed by atoms with van der Waals surface area (Å²) in [7, 11) is 7.46. The van der Waals surface area contributed by atoms with Crippen molar-refractivity contribution >= 4 is 57.6 Å². The molecule has 0 unspecified atom stereocenters. The Balaban J connectivity index is 1.23. The Morgan fingerprint density at radius 2 is 1.70 bits per heavy atom. The van der Waals surface area contributed by atoms with Crippen LogP contribution in [0.3, 0.4) is 0 Å². The van der Waals surface area contributed by atoms with E-state index in [0.29, 0.717) is 35.1 Å². The number of hydrogen-bond donors (Lipinski definition) is 2. The first kappa shape index (κ1) is 32.8. The molecule has 47 heavy (non-hydrogen) atoms. The van der Waals surface area contributed by atoms with Gasteiger partial charge in [0.25, 0.3) is 0 Å². The molecule has 5 heterocycles. The Hall–Kier alpha value is -4.14. The van der Waals surface area contributed by atoms with Crippen molar-refractivity contribution in [2.45, 2.75) is 32.2 Å². The molecule has 0 saturated carbocycles. The van der Waals surface area contributed by atoms with Gasteiger partial charge >= 0.3 is 0 Å². The molecule has 2 aliphatic heterocycles. The number of nitrogens with one attached hydrogen (secondary N) is 2. The molecule has 2 N–H and O–H groups in total. The lowest BCUT2D eigenvalue weighted by Crippen LogP contribution is -2.52. The summed E-state index contributed by atoms with van der Waals surface area (Å²) in [5.41, 5.74) is 5.15. The molecule has 14 heteroatoms. The van der Waals surface area contributed by atoms with Gasteiger partial charge in [-0.05, 0) is 50.1 Å². The van der Waals surface area contributed by atoms with Gasteiger partial charge in [0, 0.05) is 71.0 Å². The zero-order chi connectivity index (χ0) is 32.9. The molecule has 2 saturated heterocycles. The minimum absolute atomic E-state index is 0.386. The van der Waals surface area contributed by atoms with Crippen LogP contribution in [0.4, 0.5) is 34.6 Å². The molecule has 0 bridgehead atoms. The Bertz CT molecular complexity index is 1680. The smallest absolute Gasteiger partial charge is 0.239 e. The molecule has 4 aromatic rings. The van der Waals surface area contributed by atoms with Crippen molar-refractivity contribution in [3.05, 3.63) is 42.4 Å². The van der Waals surface area contributed by atoms with Crippen molar-refractivity contribution in [1.29, 1.82) is 0 Å². The van der Waals surface area contributed by atoms with E-state index < -0.39 is 0 Å². The van der Waals surface area contributed by atoms with Crippen LogP contribution >= 0.6 is 11.9 Å². The number of nitrogens with zero attached hydrogens (tertiary/aromatic N) is 9. The van der Waals surface area contributed by atoms with E-state index >= 15 is 0 Å². The quantitative estimate of drug-likeness (QED) is 0.214. The summed E-state index contributed by atoms with van der Waals surface area (Å²) < 4.78 is 13.5. The van der Waals surface area contributed by atoms with Gasteiger partial charge in [-0.1, -0.05) is 18.9 Å². The number of anilines is 6. The molecule has 2 fully saturated rings. The van der Waals surface area contributed by atoms with Gasteiger partial charge in [-0.15, -0.1) is 0 Å². The number of methoxy groups -OCH3 is 2. The van der Waals surface area contributed by atoms with Crippen LogP contribution in [0.2, 0.25) is 0 Å². The monoisotopic (exact) mass is 659 g/mol. The summed E-state index contributed by atoms with van der Waals surface area (Å²) >= 11 is 1.58. The van der Waals surface area contributed by atoms with Gasteiger partial charge in [0.1, 0.15) is 17.0 Å². The Morgan fingerprint density at radius 3 is 2.40 bits per heavy atom. The highest BCUT2D eigenvalue weighted by Gasteiger charge is 2.28. The summed E-state index contributed by atoms with van der Waals surface area (Å²) in [4.78, 5) is 31.0. The van der Waals surface area contributed by atoms with Gasteiger partial charge in [0.15, 0.2) is 11.6 Å². The molecule has 0 atom stereocenters. The number of hydrogen-bond acceptors (Lipinski definition) is 14. The molecule has 3 aromatic heterocycles. The summed E-state index contributed by atoms with van der Waals surface area (Å²) in [6, 6.07) is 6.67. The molecule has 2 aliphatic rings. The van der Waals surface area contributed by atoms with E-state index in [-0.39, 0.29) is 0 Å². The maximum absolute atomic E-state index is 5.81. The molecular formula is C33H45N11O2S. The molecule has 13 nitrogen and oxygen atoms in total. The van der Waals surface area contributed by atoms with Crippen LogP contribution in [0.5, 0.6) is 11.6 Å². The Labute approximate surface area is 281 Å². The van der Waals surface area contributed by atoms with Gasteiger partial charge in [-0.2, -0.15) is 9.97 Å². The molecule has 6 rings (SSSR count). The number of rotatable bonds is 11. The van der Waals surface area contributed by atoms with Crippen molar-refractivity contribution in [1.82, 2.24) is 34.7 Å². The highest BCUT2D eigenvalue weighted by atomic mass is 32.2. The van der Waals surface area contributed by atoms with E-state index in [9.17, 15) is 0 Å². The lowest BCUT2D eigenvalue weighted by Gasteiger charge is -2.42. The summed E-state index contributed by atoms with van der Waals surface area (Å²) in [5.74, 6) is 2.89. The summed E-state index contributed by atoms with van der Waals surface area (Å²) in [6.07, 6.45) is 10.2. The Kier molecular flexibility index (Phi) is 10.3. The number of likely N-dealkylation sites (N-methyl/N-ethyl adjacent to an activating group) is 1. The van der Waals surface area contributed by atoms with Crippen LogP contribution in [0.25, 0.3) is 11.0 Å². The first-order chi connectivity index (χ1) is 22.9. The molecular weight excluding hydrogens is 615 g/mol. The number of pyridine rings is 1. The molecule has 1 aromatic carbocycles. The number of benzene rings is 1. The van der Waals surface area contributed by atoms with E-state index in [0.717, 1.165) is 92.3 Å². The maximum atomic E-state index is 5.81. The minimum atomic E-state index is 0.386. The van der Waals surface area contributed by atoms with E-state index in [1.807, 2.05) is 29.7 Å².